The van der Waals surface area contributed by atoms with Crippen molar-refractivity contribution in [3.05, 3.63) is 29.6 Å². The molecule has 2 rings (SSSR count). The van der Waals surface area contributed by atoms with E-state index >= 15 is 0 Å². The number of anilines is 2. The molecule has 1 heterocycles. The van der Waals surface area contributed by atoms with Crippen molar-refractivity contribution < 1.29 is 17.9 Å². The Balaban J connectivity index is 2.22. The van der Waals surface area contributed by atoms with Crippen LogP contribution in [0.1, 0.15) is 18.3 Å². The maximum Gasteiger partial charge on any atom is 0.321 e. The number of carbonyl (C=O) groups is 1. The third-order valence-electron chi connectivity index (χ3n) is 3.44. The summed E-state index contributed by atoms with van der Waals surface area (Å²) in [5.74, 6) is 0.345. The number of hydrogen-bond donors (Lipinski definition) is 2. The summed E-state index contributed by atoms with van der Waals surface area (Å²) >= 11 is 0. The molecule has 1 aromatic carbocycles. The van der Waals surface area contributed by atoms with Gasteiger partial charge >= 0.3 is 6.01 Å². The molecule has 0 saturated heterocycles. The van der Waals surface area contributed by atoms with Crippen molar-refractivity contribution >= 4 is 27.6 Å². The molecule has 0 unspecified atom stereocenters. The lowest BCUT2D eigenvalue weighted by molar-refractivity contribution is -0.114. The van der Waals surface area contributed by atoms with Gasteiger partial charge in [-0.2, -0.15) is 15.0 Å². The zero-order valence-corrected chi connectivity index (χ0v) is 16.6. The van der Waals surface area contributed by atoms with Gasteiger partial charge in [0.15, 0.2) is 5.82 Å². The van der Waals surface area contributed by atoms with E-state index in [1.54, 1.807) is 32.0 Å². The molecule has 11 heteroatoms. The predicted octanol–water partition coefficient (Wildman–Crippen LogP) is 0.692. The van der Waals surface area contributed by atoms with Gasteiger partial charge in [-0.25, -0.2) is 13.1 Å². The van der Waals surface area contributed by atoms with Crippen molar-refractivity contribution in [2.75, 3.05) is 31.4 Å². The van der Waals surface area contributed by atoms with Gasteiger partial charge in [-0.3, -0.25) is 4.79 Å². The third-order valence-corrected chi connectivity index (χ3v) is 5.00. The second kappa shape index (κ2) is 8.27. The van der Waals surface area contributed by atoms with Crippen LogP contribution in [0.25, 0.3) is 0 Å². The largest absolute Gasteiger partial charge is 0.467 e. The van der Waals surface area contributed by atoms with Gasteiger partial charge in [0.05, 0.1) is 18.6 Å². The minimum Gasteiger partial charge on any atom is -0.467 e. The normalized spacial score (nSPS) is 11.1. The molecule has 0 aliphatic rings. The molecule has 146 valence electrons. The Bertz CT molecular complexity index is 946. The summed E-state index contributed by atoms with van der Waals surface area (Å²) in [4.78, 5) is 25.2. The van der Waals surface area contributed by atoms with Crippen LogP contribution in [0.5, 0.6) is 6.01 Å². The summed E-state index contributed by atoms with van der Waals surface area (Å²) in [6.07, 6.45) is 0. The van der Waals surface area contributed by atoms with Gasteiger partial charge in [0.1, 0.15) is 0 Å². The predicted molar refractivity (Wildman–Crippen MR) is 100 cm³/mol. The zero-order chi connectivity index (χ0) is 20.2. The first-order valence-electron chi connectivity index (χ1n) is 7.96. The van der Waals surface area contributed by atoms with Crippen LogP contribution in [0.2, 0.25) is 0 Å². The first kappa shape index (κ1) is 20.5. The molecule has 2 N–H and O–H groups in total. The fourth-order valence-corrected chi connectivity index (χ4v) is 3.43. The Morgan fingerprint density at radius 2 is 1.93 bits per heavy atom. The Morgan fingerprint density at radius 3 is 2.48 bits per heavy atom. The SMILES string of the molecule is COc1nc(CNS(=O)(=O)c2ccc(NC(C)=O)cc2C)nc(N(C)C)n1. The number of rotatable bonds is 7. The number of sulfonamides is 1. The molecule has 0 radical (unpaired) electrons. The Labute approximate surface area is 158 Å². The highest BCUT2D eigenvalue weighted by Gasteiger charge is 2.18. The number of aromatic nitrogens is 3. The van der Waals surface area contributed by atoms with Crippen molar-refractivity contribution in [3.8, 4) is 6.01 Å². The Kier molecular flexibility index (Phi) is 6.28. The summed E-state index contributed by atoms with van der Waals surface area (Å²) in [5.41, 5.74) is 1.02. The molecule has 1 amide bonds. The van der Waals surface area contributed by atoms with E-state index in [0.717, 1.165) is 0 Å². The standard InChI is InChI=1S/C16H22N6O4S/c1-10-8-12(18-11(2)23)6-7-13(10)27(24,25)17-9-14-19-15(22(3)4)21-16(20-14)26-5/h6-8,17H,9H2,1-5H3,(H,18,23). The second-order valence-electron chi connectivity index (χ2n) is 5.92. The molecule has 10 nitrogen and oxygen atoms in total. The zero-order valence-electron chi connectivity index (χ0n) is 15.8. The van der Waals surface area contributed by atoms with Crippen LogP contribution in [0.15, 0.2) is 23.1 Å². The molecule has 0 saturated carbocycles. The number of amides is 1. The molecule has 0 atom stereocenters. The van der Waals surface area contributed by atoms with Crippen LogP contribution in [-0.4, -0.2) is 50.5 Å². The van der Waals surface area contributed by atoms with Crippen LogP contribution in [0, 0.1) is 6.92 Å². The lowest BCUT2D eigenvalue weighted by atomic mass is 10.2. The Morgan fingerprint density at radius 1 is 1.22 bits per heavy atom. The molecule has 0 aliphatic carbocycles. The molecule has 1 aromatic heterocycles. The van der Waals surface area contributed by atoms with E-state index < -0.39 is 10.0 Å². The number of carbonyl (C=O) groups excluding carboxylic acids is 1. The van der Waals surface area contributed by atoms with E-state index in [0.29, 0.717) is 17.2 Å². The molecule has 0 spiro atoms. The van der Waals surface area contributed by atoms with Gasteiger partial charge in [-0.05, 0) is 30.7 Å². The number of nitrogens with one attached hydrogen (secondary N) is 2. The molecule has 0 fully saturated rings. The molecule has 2 aromatic rings. The Hall–Kier alpha value is -2.79. The smallest absolute Gasteiger partial charge is 0.321 e. The maximum atomic E-state index is 12.6. The number of ether oxygens (including phenoxy) is 1. The van der Waals surface area contributed by atoms with E-state index in [4.69, 9.17) is 4.74 Å². The van der Waals surface area contributed by atoms with Gasteiger partial charge in [0.25, 0.3) is 0 Å². The van der Waals surface area contributed by atoms with E-state index in [-0.39, 0.29) is 29.2 Å². The van der Waals surface area contributed by atoms with Crippen LogP contribution in [0.4, 0.5) is 11.6 Å². The molecule has 0 aliphatic heterocycles. The summed E-state index contributed by atoms with van der Waals surface area (Å²) in [6, 6.07) is 4.64. The summed E-state index contributed by atoms with van der Waals surface area (Å²) in [7, 11) is 1.12. The summed E-state index contributed by atoms with van der Waals surface area (Å²) in [6.45, 7) is 2.90. The minimum absolute atomic E-state index is 0.0961. The van der Waals surface area contributed by atoms with Crippen molar-refractivity contribution in [2.24, 2.45) is 0 Å². The van der Waals surface area contributed by atoms with E-state index in [1.165, 1.54) is 26.2 Å². The first-order chi connectivity index (χ1) is 12.6. The third kappa shape index (κ3) is 5.34. The average Bonchev–Trinajstić information content (AvgIpc) is 2.59. The molecule has 27 heavy (non-hydrogen) atoms. The minimum atomic E-state index is -3.80. The van der Waals surface area contributed by atoms with E-state index in [1.807, 2.05) is 0 Å². The lowest BCUT2D eigenvalue weighted by Crippen LogP contribution is -2.26. The lowest BCUT2D eigenvalue weighted by Gasteiger charge is -2.13. The number of methoxy groups -OCH3 is 1. The molecule has 0 bridgehead atoms. The van der Waals surface area contributed by atoms with Crippen LogP contribution >= 0.6 is 0 Å². The monoisotopic (exact) mass is 394 g/mol. The maximum absolute atomic E-state index is 12.6. The van der Waals surface area contributed by atoms with Crippen LogP contribution < -0.4 is 19.7 Å². The fraction of sp³-hybridized carbons (Fsp3) is 0.375. The van der Waals surface area contributed by atoms with Crippen molar-refractivity contribution in [1.29, 1.82) is 0 Å². The average molecular weight is 394 g/mol. The number of aryl methyl sites for hydroxylation is 1. The van der Waals surface area contributed by atoms with Gasteiger partial charge in [0.2, 0.25) is 21.9 Å². The van der Waals surface area contributed by atoms with Gasteiger partial charge in [0, 0.05) is 26.7 Å². The van der Waals surface area contributed by atoms with Crippen molar-refractivity contribution in [2.45, 2.75) is 25.3 Å². The highest BCUT2D eigenvalue weighted by atomic mass is 32.2. The van der Waals surface area contributed by atoms with Crippen LogP contribution in [-0.2, 0) is 21.4 Å². The van der Waals surface area contributed by atoms with Gasteiger partial charge < -0.3 is 15.0 Å². The van der Waals surface area contributed by atoms with Gasteiger partial charge in [-0.1, -0.05) is 0 Å². The summed E-state index contributed by atoms with van der Waals surface area (Å²) in [5, 5.41) is 2.61. The van der Waals surface area contributed by atoms with Gasteiger partial charge in [-0.15, -0.1) is 0 Å². The van der Waals surface area contributed by atoms with Crippen LogP contribution in [0.3, 0.4) is 0 Å². The summed E-state index contributed by atoms with van der Waals surface area (Å²) < 4.78 is 32.7. The number of nitrogens with zero attached hydrogens (tertiary/aromatic N) is 4. The fourth-order valence-electron chi connectivity index (χ4n) is 2.23. The second-order valence-corrected chi connectivity index (χ2v) is 7.65. The number of benzene rings is 1. The van der Waals surface area contributed by atoms with E-state index in [9.17, 15) is 13.2 Å². The molecular formula is C16H22N6O4S. The molecular weight excluding hydrogens is 372 g/mol. The highest BCUT2D eigenvalue weighted by Crippen LogP contribution is 2.20. The first-order valence-corrected chi connectivity index (χ1v) is 9.45. The van der Waals surface area contributed by atoms with E-state index in [2.05, 4.69) is 25.0 Å². The van der Waals surface area contributed by atoms with Crippen molar-refractivity contribution in [3.63, 3.8) is 0 Å². The number of hydrogen-bond acceptors (Lipinski definition) is 8. The topological polar surface area (TPSA) is 126 Å². The highest BCUT2D eigenvalue weighted by molar-refractivity contribution is 7.89. The van der Waals surface area contributed by atoms with Crippen molar-refractivity contribution in [1.82, 2.24) is 19.7 Å². The quantitative estimate of drug-likeness (QED) is 0.702.